The molecular weight excluding hydrogens is 389 g/mol. The molecule has 1 fully saturated rings. The molecule has 1 aliphatic rings. The van der Waals surface area contributed by atoms with Crippen molar-refractivity contribution in [2.45, 2.75) is 0 Å². The molecule has 2 aromatic rings. The molecule has 0 spiro atoms. The number of ether oxygens (including phenoxy) is 1. The number of rotatable bonds is 5. The average molecular weight is 408 g/mol. The number of hydrogen-bond donors (Lipinski definition) is 2. The Hall–Kier alpha value is -2.28. The lowest BCUT2D eigenvalue weighted by molar-refractivity contribution is -0.114. The van der Waals surface area contributed by atoms with Gasteiger partial charge in [-0.15, -0.1) is 0 Å². The van der Waals surface area contributed by atoms with Crippen LogP contribution in [0.5, 0.6) is 0 Å². The minimum Gasteiger partial charge on any atom is -0.378 e. The molecule has 0 radical (unpaired) electrons. The maximum Gasteiger partial charge on any atom is 0.254 e. The molecule has 0 bridgehead atoms. The van der Waals surface area contributed by atoms with Crippen LogP contribution in [0.4, 0.5) is 11.4 Å². The summed E-state index contributed by atoms with van der Waals surface area (Å²) in [6.45, 7) is 2.41. The van der Waals surface area contributed by atoms with E-state index < -0.39 is 0 Å². The van der Waals surface area contributed by atoms with E-state index in [0.717, 1.165) is 5.69 Å². The Balaban J connectivity index is 1.52. The SMILES string of the molecule is O=C(CNc1ccc(C(=O)N2CCOCC2)cc1)Nc1cc(Cl)cc(Cl)c1. The molecule has 0 unspecified atom stereocenters. The summed E-state index contributed by atoms with van der Waals surface area (Å²) >= 11 is 11.8. The van der Waals surface area contributed by atoms with Crippen molar-refractivity contribution in [3.05, 3.63) is 58.1 Å². The van der Waals surface area contributed by atoms with E-state index in [1.54, 1.807) is 47.4 Å². The van der Waals surface area contributed by atoms with Crippen LogP contribution in [0, 0.1) is 0 Å². The first-order chi connectivity index (χ1) is 13.0. The minimum absolute atomic E-state index is 0.0135. The van der Waals surface area contributed by atoms with Crippen LogP contribution < -0.4 is 10.6 Å². The Labute approximate surface area is 167 Å². The van der Waals surface area contributed by atoms with Crippen molar-refractivity contribution in [2.24, 2.45) is 0 Å². The second kappa shape index (κ2) is 9.08. The van der Waals surface area contributed by atoms with E-state index in [0.29, 0.717) is 47.6 Å². The number of nitrogens with zero attached hydrogens (tertiary/aromatic N) is 1. The number of carbonyl (C=O) groups excluding carboxylic acids is 2. The Kier molecular flexibility index (Phi) is 6.55. The minimum atomic E-state index is -0.234. The fourth-order valence-corrected chi connectivity index (χ4v) is 3.22. The van der Waals surface area contributed by atoms with Crippen LogP contribution in [0.2, 0.25) is 10.0 Å². The molecule has 142 valence electrons. The molecule has 0 aromatic heterocycles. The molecule has 1 saturated heterocycles. The van der Waals surface area contributed by atoms with Gasteiger partial charge in [-0.25, -0.2) is 0 Å². The van der Waals surface area contributed by atoms with Crippen molar-refractivity contribution in [1.29, 1.82) is 0 Å². The van der Waals surface area contributed by atoms with E-state index in [-0.39, 0.29) is 18.4 Å². The Morgan fingerprint density at radius 3 is 2.22 bits per heavy atom. The lowest BCUT2D eigenvalue weighted by Gasteiger charge is -2.26. The third-order valence-corrected chi connectivity index (χ3v) is 4.47. The van der Waals surface area contributed by atoms with Crippen LogP contribution in [-0.2, 0) is 9.53 Å². The van der Waals surface area contributed by atoms with E-state index in [1.807, 2.05) is 0 Å². The number of benzene rings is 2. The van der Waals surface area contributed by atoms with Gasteiger partial charge in [-0.1, -0.05) is 23.2 Å². The van der Waals surface area contributed by atoms with Crippen molar-refractivity contribution in [1.82, 2.24) is 4.90 Å². The fourth-order valence-electron chi connectivity index (χ4n) is 2.69. The van der Waals surface area contributed by atoms with Crippen molar-refractivity contribution < 1.29 is 14.3 Å². The van der Waals surface area contributed by atoms with E-state index in [4.69, 9.17) is 27.9 Å². The van der Waals surface area contributed by atoms with Gasteiger partial charge in [0.05, 0.1) is 19.8 Å². The van der Waals surface area contributed by atoms with Gasteiger partial charge in [0.2, 0.25) is 5.91 Å². The zero-order chi connectivity index (χ0) is 19.2. The summed E-state index contributed by atoms with van der Waals surface area (Å²) in [4.78, 5) is 26.2. The summed E-state index contributed by atoms with van der Waals surface area (Å²) in [6.07, 6.45) is 0. The standard InChI is InChI=1S/C19H19Cl2N3O3/c20-14-9-15(21)11-17(10-14)23-18(25)12-22-16-3-1-13(2-4-16)19(26)24-5-7-27-8-6-24/h1-4,9-11,22H,5-8,12H2,(H,23,25). The van der Waals surface area contributed by atoms with Gasteiger partial charge in [-0.3, -0.25) is 9.59 Å². The van der Waals surface area contributed by atoms with Crippen LogP contribution in [0.15, 0.2) is 42.5 Å². The number of anilines is 2. The molecule has 6 nitrogen and oxygen atoms in total. The van der Waals surface area contributed by atoms with Crippen molar-refractivity contribution in [2.75, 3.05) is 43.5 Å². The highest BCUT2D eigenvalue weighted by Gasteiger charge is 2.18. The number of hydrogen-bond acceptors (Lipinski definition) is 4. The second-order valence-electron chi connectivity index (χ2n) is 6.04. The lowest BCUT2D eigenvalue weighted by Crippen LogP contribution is -2.40. The monoisotopic (exact) mass is 407 g/mol. The van der Waals surface area contributed by atoms with Gasteiger partial charge in [0, 0.05) is 40.1 Å². The van der Waals surface area contributed by atoms with Crippen LogP contribution in [0.25, 0.3) is 0 Å². The molecule has 3 rings (SSSR count). The van der Waals surface area contributed by atoms with Crippen LogP contribution >= 0.6 is 23.2 Å². The lowest BCUT2D eigenvalue weighted by atomic mass is 10.1. The highest BCUT2D eigenvalue weighted by molar-refractivity contribution is 6.35. The van der Waals surface area contributed by atoms with Crippen LogP contribution in [0.1, 0.15) is 10.4 Å². The first kappa shape index (κ1) is 19.5. The molecular formula is C19H19Cl2N3O3. The predicted molar refractivity (Wildman–Crippen MR) is 107 cm³/mol. The molecule has 1 heterocycles. The molecule has 2 N–H and O–H groups in total. The summed E-state index contributed by atoms with van der Waals surface area (Å²) in [5.41, 5.74) is 1.89. The second-order valence-corrected chi connectivity index (χ2v) is 6.91. The number of morpholine rings is 1. The summed E-state index contributed by atoms with van der Waals surface area (Å²) in [5, 5.41) is 6.64. The zero-order valence-corrected chi connectivity index (χ0v) is 16.0. The quantitative estimate of drug-likeness (QED) is 0.795. The summed E-state index contributed by atoms with van der Waals surface area (Å²) in [7, 11) is 0. The molecule has 0 saturated carbocycles. The Morgan fingerprint density at radius 1 is 0.963 bits per heavy atom. The first-order valence-corrected chi connectivity index (χ1v) is 9.24. The van der Waals surface area contributed by atoms with Crippen molar-refractivity contribution in [3.8, 4) is 0 Å². The van der Waals surface area contributed by atoms with Crippen LogP contribution in [-0.4, -0.2) is 49.6 Å². The van der Waals surface area contributed by atoms with Gasteiger partial charge in [-0.2, -0.15) is 0 Å². The molecule has 2 amide bonds. The maximum atomic E-state index is 12.4. The molecule has 0 atom stereocenters. The van der Waals surface area contributed by atoms with Gasteiger partial charge in [0.1, 0.15) is 0 Å². The van der Waals surface area contributed by atoms with Gasteiger partial charge in [0.25, 0.3) is 5.91 Å². The highest BCUT2D eigenvalue weighted by atomic mass is 35.5. The zero-order valence-electron chi connectivity index (χ0n) is 14.5. The first-order valence-electron chi connectivity index (χ1n) is 8.48. The van der Waals surface area contributed by atoms with Crippen molar-refractivity contribution >= 4 is 46.4 Å². The summed E-state index contributed by atoms with van der Waals surface area (Å²) < 4.78 is 5.26. The Bertz CT molecular complexity index is 801. The topological polar surface area (TPSA) is 70.7 Å². The number of amides is 2. The largest absolute Gasteiger partial charge is 0.378 e. The third-order valence-electron chi connectivity index (χ3n) is 4.03. The highest BCUT2D eigenvalue weighted by Crippen LogP contribution is 2.22. The van der Waals surface area contributed by atoms with E-state index in [2.05, 4.69) is 10.6 Å². The van der Waals surface area contributed by atoms with E-state index in [9.17, 15) is 9.59 Å². The van der Waals surface area contributed by atoms with Gasteiger partial charge in [0.15, 0.2) is 0 Å². The normalized spacial score (nSPS) is 13.9. The molecule has 0 aliphatic carbocycles. The maximum absolute atomic E-state index is 12.4. The van der Waals surface area contributed by atoms with Gasteiger partial charge >= 0.3 is 0 Å². The Morgan fingerprint density at radius 2 is 1.59 bits per heavy atom. The molecule has 2 aromatic carbocycles. The van der Waals surface area contributed by atoms with Crippen LogP contribution in [0.3, 0.4) is 0 Å². The number of carbonyl (C=O) groups is 2. The van der Waals surface area contributed by atoms with Gasteiger partial charge < -0.3 is 20.3 Å². The van der Waals surface area contributed by atoms with E-state index >= 15 is 0 Å². The molecule has 8 heteroatoms. The smallest absolute Gasteiger partial charge is 0.254 e. The van der Waals surface area contributed by atoms with Gasteiger partial charge in [-0.05, 0) is 42.5 Å². The predicted octanol–water partition coefficient (Wildman–Crippen LogP) is 3.52. The van der Waals surface area contributed by atoms with E-state index in [1.165, 1.54) is 0 Å². The van der Waals surface area contributed by atoms with Crippen molar-refractivity contribution in [3.63, 3.8) is 0 Å². The number of nitrogens with one attached hydrogen (secondary N) is 2. The molecule has 1 aliphatic heterocycles. The average Bonchev–Trinajstić information content (AvgIpc) is 2.66. The third kappa shape index (κ3) is 5.60. The molecule has 27 heavy (non-hydrogen) atoms. The number of halogens is 2. The summed E-state index contributed by atoms with van der Waals surface area (Å²) in [6, 6.07) is 11.9. The fraction of sp³-hybridized carbons (Fsp3) is 0.263. The summed E-state index contributed by atoms with van der Waals surface area (Å²) in [5.74, 6) is -0.248.